The largest absolute Gasteiger partial charge is 0.316 e. The van der Waals surface area contributed by atoms with Gasteiger partial charge in [-0.15, -0.1) is 0 Å². The Balaban J connectivity index is 2.79. The first-order chi connectivity index (χ1) is 6.62. The first-order valence-corrected chi connectivity index (χ1v) is 5.53. The molecule has 1 heterocycles. The van der Waals surface area contributed by atoms with Crippen LogP contribution in [-0.4, -0.2) is 18.9 Å². The van der Waals surface area contributed by atoms with Crippen LogP contribution in [0.5, 0.6) is 0 Å². The van der Waals surface area contributed by atoms with Gasteiger partial charge in [-0.25, -0.2) is 0 Å². The Morgan fingerprint density at radius 3 is 2.71 bits per heavy atom. The molecular weight excluding hydrogens is 174 g/mol. The van der Waals surface area contributed by atoms with Gasteiger partial charge in [-0.3, -0.25) is 4.79 Å². The van der Waals surface area contributed by atoms with E-state index >= 15 is 0 Å². The number of allylic oxidation sites excluding steroid dienone is 1. The van der Waals surface area contributed by atoms with Crippen molar-refractivity contribution in [1.82, 2.24) is 5.32 Å². The standard InChI is InChI=1S/C12H21NO/c1-4-6-12(11(14)10(2)3)7-5-8-13-9-12/h13H,2,4-9H2,1,3H3. The molecule has 0 amide bonds. The molecule has 0 saturated carbocycles. The topological polar surface area (TPSA) is 29.1 Å². The van der Waals surface area contributed by atoms with E-state index in [1.165, 1.54) is 0 Å². The molecule has 0 aromatic heterocycles. The fraction of sp³-hybridized carbons (Fsp3) is 0.750. The number of hydrogen-bond acceptors (Lipinski definition) is 2. The van der Waals surface area contributed by atoms with E-state index in [2.05, 4.69) is 18.8 Å². The van der Waals surface area contributed by atoms with Gasteiger partial charge in [-0.1, -0.05) is 19.9 Å². The summed E-state index contributed by atoms with van der Waals surface area (Å²) in [5.41, 5.74) is 0.570. The second-order valence-corrected chi connectivity index (χ2v) is 4.42. The molecule has 0 radical (unpaired) electrons. The van der Waals surface area contributed by atoms with Crippen LogP contribution in [0.25, 0.3) is 0 Å². The average Bonchev–Trinajstić information content (AvgIpc) is 2.18. The van der Waals surface area contributed by atoms with E-state index in [1.54, 1.807) is 0 Å². The highest BCUT2D eigenvalue weighted by Gasteiger charge is 2.38. The first kappa shape index (κ1) is 11.4. The van der Waals surface area contributed by atoms with Gasteiger partial charge in [-0.2, -0.15) is 0 Å². The monoisotopic (exact) mass is 195 g/mol. The van der Waals surface area contributed by atoms with E-state index in [9.17, 15) is 4.79 Å². The number of carbonyl (C=O) groups excluding carboxylic acids is 1. The van der Waals surface area contributed by atoms with Gasteiger partial charge in [0.2, 0.25) is 0 Å². The highest BCUT2D eigenvalue weighted by atomic mass is 16.1. The molecule has 1 saturated heterocycles. The molecule has 1 fully saturated rings. The minimum absolute atomic E-state index is 0.140. The van der Waals surface area contributed by atoms with Gasteiger partial charge in [-0.05, 0) is 38.3 Å². The summed E-state index contributed by atoms with van der Waals surface area (Å²) in [7, 11) is 0. The number of rotatable bonds is 4. The lowest BCUT2D eigenvalue weighted by molar-refractivity contribution is -0.126. The van der Waals surface area contributed by atoms with E-state index in [-0.39, 0.29) is 11.2 Å². The molecule has 1 rings (SSSR count). The van der Waals surface area contributed by atoms with Crippen LogP contribution in [0.2, 0.25) is 0 Å². The van der Waals surface area contributed by atoms with E-state index in [4.69, 9.17) is 0 Å². The van der Waals surface area contributed by atoms with Crippen LogP contribution in [0.3, 0.4) is 0 Å². The maximum absolute atomic E-state index is 12.1. The highest BCUT2D eigenvalue weighted by Crippen LogP contribution is 2.34. The minimum Gasteiger partial charge on any atom is -0.316 e. The van der Waals surface area contributed by atoms with Crippen molar-refractivity contribution in [2.75, 3.05) is 13.1 Å². The van der Waals surface area contributed by atoms with Crippen molar-refractivity contribution in [3.05, 3.63) is 12.2 Å². The molecule has 0 aromatic rings. The molecule has 1 unspecified atom stereocenters. The maximum Gasteiger partial charge on any atom is 0.165 e. The Bertz CT molecular complexity index is 221. The van der Waals surface area contributed by atoms with Gasteiger partial charge < -0.3 is 5.32 Å². The van der Waals surface area contributed by atoms with Gasteiger partial charge in [0.25, 0.3) is 0 Å². The van der Waals surface area contributed by atoms with Gasteiger partial charge in [0.05, 0.1) is 0 Å². The SMILES string of the molecule is C=C(C)C(=O)C1(CCC)CCCNC1. The van der Waals surface area contributed by atoms with Crippen molar-refractivity contribution in [2.45, 2.75) is 39.5 Å². The van der Waals surface area contributed by atoms with Crippen molar-refractivity contribution in [1.29, 1.82) is 0 Å². The summed E-state index contributed by atoms with van der Waals surface area (Å²) in [6.07, 6.45) is 4.20. The Labute approximate surface area is 86.8 Å². The number of piperidine rings is 1. The number of hydrogen-bond donors (Lipinski definition) is 1. The molecular formula is C12H21NO. The molecule has 0 aromatic carbocycles. The zero-order valence-corrected chi connectivity index (χ0v) is 9.36. The summed E-state index contributed by atoms with van der Waals surface area (Å²) in [5.74, 6) is 0.270. The predicted molar refractivity (Wildman–Crippen MR) is 59.3 cm³/mol. The lowest BCUT2D eigenvalue weighted by Crippen LogP contribution is -2.45. The normalized spacial score (nSPS) is 27.3. The van der Waals surface area contributed by atoms with Crippen molar-refractivity contribution in [2.24, 2.45) is 5.41 Å². The summed E-state index contributed by atoms with van der Waals surface area (Å²) >= 11 is 0. The van der Waals surface area contributed by atoms with Crippen LogP contribution in [0.4, 0.5) is 0 Å². The lowest BCUT2D eigenvalue weighted by Gasteiger charge is -2.36. The average molecular weight is 195 g/mol. The fourth-order valence-electron chi connectivity index (χ4n) is 2.42. The van der Waals surface area contributed by atoms with Crippen molar-refractivity contribution < 1.29 is 4.79 Å². The quantitative estimate of drug-likeness (QED) is 0.697. The summed E-state index contributed by atoms with van der Waals surface area (Å²) in [4.78, 5) is 12.1. The highest BCUT2D eigenvalue weighted by molar-refractivity contribution is 5.99. The number of ketones is 1. The van der Waals surface area contributed by atoms with Crippen LogP contribution in [0.1, 0.15) is 39.5 Å². The van der Waals surface area contributed by atoms with Crippen LogP contribution in [-0.2, 0) is 4.79 Å². The summed E-state index contributed by atoms with van der Waals surface area (Å²) in [5, 5.41) is 3.33. The third-order valence-electron chi connectivity index (χ3n) is 3.07. The van der Waals surface area contributed by atoms with Gasteiger partial charge >= 0.3 is 0 Å². The molecule has 14 heavy (non-hydrogen) atoms. The Kier molecular flexibility index (Phi) is 3.87. The number of nitrogens with one attached hydrogen (secondary N) is 1. The van der Waals surface area contributed by atoms with Crippen LogP contribution in [0.15, 0.2) is 12.2 Å². The smallest absolute Gasteiger partial charge is 0.165 e. The van der Waals surface area contributed by atoms with Crippen molar-refractivity contribution in [3.63, 3.8) is 0 Å². The molecule has 1 aliphatic heterocycles. The molecule has 0 bridgehead atoms. The van der Waals surface area contributed by atoms with E-state index in [0.29, 0.717) is 5.57 Å². The van der Waals surface area contributed by atoms with E-state index in [0.717, 1.165) is 38.8 Å². The number of Topliss-reactive ketones (excluding diaryl/α,β-unsaturated/α-hetero) is 1. The lowest BCUT2D eigenvalue weighted by atomic mass is 9.72. The first-order valence-electron chi connectivity index (χ1n) is 5.53. The Hall–Kier alpha value is -0.630. The van der Waals surface area contributed by atoms with E-state index < -0.39 is 0 Å². The second-order valence-electron chi connectivity index (χ2n) is 4.42. The predicted octanol–water partition coefficient (Wildman–Crippen LogP) is 2.30. The third-order valence-corrected chi connectivity index (χ3v) is 3.07. The third kappa shape index (κ3) is 2.24. The van der Waals surface area contributed by atoms with Crippen molar-refractivity contribution >= 4 is 5.78 Å². The van der Waals surface area contributed by atoms with Crippen LogP contribution >= 0.6 is 0 Å². The Morgan fingerprint density at radius 2 is 2.29 bits per heavy atom. The summed E-state index contributed by atoms with van der Waals surface area (Å²) in [6.45, 7) is 9.64. The summed E-state index contributed by atoms with van der Waals surface area (Å²) < 4.78 is 0. The van der Waals surface area contributed by atoms with Gasteiger partial charge in [0.15, 0.2) is 5.78 Å². The summed E-state index contributed by atoms with van der Waals surface area (Å²) in [6, 6.07) is 0. The van der Waals surface area contributed by atoms with Crippen LogP contribution < -0.4 is 5.32 Å². The van der Waals surface area contributed by atoms with Gasteiger partial charge in [0.1, 0.15) is 0 Å². The molecule has 1 aliphatic rings. The number of carbonyl (C=O) groups is 1. The zero-order valence-electron chi connectivity index (χ0n) is 9.36. The zero-order chi connectivity index (χ0) is 10.6. The van der Waals surface area contributed by atoms with Crippen LogP contribution in [0, 0.1) is 5.41 Å². The molecule has 0 spiro atoms. The van der Waals surface area contributed by atoms with E-state index in [1.807, 2.05) is 6.92 Å². The molecule has 2 heteroatoms. The Morgan fingerprint density at radius 1 is 1.57 bits per heavy atom. The maximum atomic E-state index is 12.1. The second kappa shape index (κ2) is 4.74. The molecule has 80 valence electrons. The fourth-order valence-corrected chi connectivity index (χ4v) is 2.42. The minimum atomic E-state index is -0.140. The molecule has 2 nitrogen and oxygen atoms in total. The van der Waals surface area contributed by atoms with Crippen molar-refractivity contribution in [3.8, 4) is 0 Å². The van der Waals surface area contributed by atoms with Gasteiger partial charge in [0, 0.05) is 12.0 Å². The molecule has 1 N–H and O–H groups in total. The molecule has 0 aliphatic carbocycles. The molecule has 1 atom stereocenters.